The number of aromatic nitrogens is 1. The first-order valence-corrected chi connectivity index (χ1v) is 8.58. The van der Waals surface area contributed by atoms with Crippen molar-refractivity contribution in [2.45, 2.75) is 54.0 Å². The number of nitrogens with zero attached hydrogens (tertiary/aromatic N) is 2. The summed E-state index contributed by atoms with van der Waals surface area (Å²) < 4.78 is 5.37. The molecule has 25 heavy (non-hydrogen) atoms. The zero-order valence-corrected chi connectivity index (χ0v) is 18.5. The maximum atomic E-state index is 12.0. The molecule has 0 spiro atoms. The Hall–Kier alpha value is -1.32. The van der Waals surface area contributed by atoms with Gasteiger partial charge in [-0.25, -0.2) is 0 Å². The van der Waals surface area contributed by atoms with Gasteiger partial charge in [-0.1, -0.05) is 19.0 Å². The second kappa shape index (κ2) is 11.3. The number of aliphatic imine (C=N–C) groups is 1. The van der Waals surface area contributed by atoms with Gasteiger partial charge in [0.1, 0.15) is 5.76 Å². The summed E-state index contributed by atoms with van der Waals surface area (Å²) in [5.41, 5.74) is 1.54. The molecule has 1 heterocycles. The number of amides is 1. The largest absolute Gasteiger partial charge is 0.361 e. The van der Waals surface area contributed by atoms with E-state index in [1.54, 1.807) is 7.05 Å². The van der Waals surface area contributed by atoms with Crippen molar-refractivity contribution < 1.29 is 9.32 Å². The molecule has 0 bridgehead atoms. The predicted octanol–water partition coefficient (Wildman–Crippen LogP) is 2.24. The van der Waals surface area contributed by atoms with Crippen molar-refractivity contribution in [1.82, 2.24) is 21.1 Å². The van der Waals surface area contributed by atoms with Crippen molar-refractivity contribution in [3.05, 3.63) is 17.0 Å². The second-order valence-electron chi connectivity index (χ2n) is 6.26. The fourth-order valence-corrected chi connectivity index (χ4v) is 2.32. The maximum Gasteiger partial charge on any atom is 0.227 e. The monoisotopic (exact) mass is 465 g/mol. The van der Waals surface area contributed by atoms with Crippen molar-refractivity contribution in [2.75, 3.05) is 20.1 Å². The van der Waals surface area contributed by atoms with Crippen LogP contribution < -0.4 is 16.0 Å². The number of hydrogen-bond donors (Lipinski definition) is 3. The molecule has 0 saturated carbocycles. The lowest BCUT2D eigenvalue weighted by Crippen LogP contribution is -2.47. The minimum absolute atomic E-state index is 0. The Morgan fingerprint density at radius 2 is 1.84 bits per heavy atom. The van der Waals surface area contributed by atoms with Crippen LogP contribution in [0.1, 0.15) is 51.6 Å². The van der Waals surface area contributed by atoms with Gasteiger partial charge in [0, 0.05) is 38.7 Å². The average Bonchev–Trinajstić information content (AvgIpc) is 2.97. The molecule has 8 heteroatoms. The molecular weight excluding hydrogens is 433 g/mol. The summed E-state index contributed by atoms with van der Waals surface area (Å²) >= 11 is 0. The fourth-order valence-electron chi connectivity index (χ4n) is 2.32. The molecule has 0 radical (unpaired) electrons. The summed E-state index contributed by atoms with van der Waals surface area (Å²) in [5, 5.41) is 13.4. The first kappa shape index (κ1) is 23.7. The molecule has 0 atom stereocenters. The van der Waals surface area contributed by atoms with Gasteiger partial charge in [0.25, 0.3) is 0 Å². The van der Waals surface area contributed by atoms with Gasteiger partial charge in [-0.2, -0.15) is 0 Å². The molecular formula is C17H32IN5O2. The molecule has 1 rings (SSSR count). The normalized spacial score (nSPS) is 11.7. The van der Waals surface area contributed by atoms with E-state index in [0.29, 0.717) is 25.6 Å². The van der Waals surface area contributed by atoms with Crippen molar-refractivity contribution in [3.8, 4) is 0 Å². The highest BCUT2D eigenvalue weighted by Gasteiger charge is 2.27. The third-order valence-corrected chi connectivity index (χ3v) is 3.91. The SMILES string of the molecule is CCNC(=O)C(C)(C)CNC(=NC)NCc1c(CC)noc1CC.I. The van der Waals surface area contributed by atoms with E-state index in [4.69, 9.17) is 4.52 Å². The average molecular weight is 465 g/mol. The number of aryl methyl sites for hydroxylation is 2. The van der Waals surface area contributed by atoms with Gasteiger partial charge in [0.2, 0.25) is 5.91 Å². The molecule has 0 aliphatic heterocycles. The molecule has 0 saturated heterocycles. The first-order chi connectivity index (χ1) is 11.4. The minimum Gasteiger partial charge on any atom is -0.361 e. The number of carbonyl (C=O) groups is 1. The van der Waals surface area contributed by atoms with Crippen LogP contribution in [0.25, 0.3) is 0 Å². The van der Waals surface area contributed by atoms with Crippen molar-refractivity contribution >= 4 is 35.8 Å². The topological polar surface area (TPSA) is 91.5 Å². The van der Waals surface area contributed by atoms with Crippen molar-refractivity contribution in [2.24, 2.45) is 10.4 Å². The van der Waals surface area contributed by atoms with E-state index in [1.807, 2.05) is 27.7 Å². The third-order valence-electron chi connectivity index (χ3n) is 3.91. The van der Waals surface area contributed by atoms with Gasteiger partial charge in [0.15, 0.2) is 5.96 Å². The Kier molecular flexibility index (Phi) is 10.7. The fraction of sp³-hybridized carbons (Fsp3) is 0.706. The molecule has 0 aliphatic rings. The molecule has 0 aliphatic carbocycles. The lowest BCUT2D eigenvalue weighted by Gasteiger charge is -2.24. The Balaban J connectivity index is 0.00000576. The van der Waals surface area contributed by atoms with Gasteiger partial charge in [-0.05, 0) is 27.2 Å². The van der Waals surface area contributed by atoms with Crippen LogP contribution in [-0.4, -0.2) is 37.2 Å². The quantitative estimate of drug-likeness (QED) is 0.311. The molecule has 0 fully saturated rings. The van der Waals surface area contributed by atoms with Crippen LogP contribution in [-0.2, 0) is 24.2 Å². The molecule has 0 aromatic carbocycles. The number of guanidine groups is 1. The highest BCUT2D eigenvalue weighted by Crippen LogP contribution is 2.16. The smallest absolute Gasteiger partial charge is 0.227 e. The van der Waals surface area contributed by atoms with E-state index in [9.17, 15) is 4.79 Å². The van der Waals surface area contributed by atoms with Crippen molar-refractivity contribution in [3.63, 3.8) is 0 Å². The molecule has 0 unspecified atom stereocenters. The van der Waals surface area contributed by atoms with E-state index in [1.165, 1.54) is 0 Å². The molecule has 1 amide bonds. The Bertz CT molecular complexity index is 548. The second-order valence-corrected chi connectivity index (χ2v) is 6.26. The highest BCUT2D eigenvalue weighted by atomic mass is 127. The molecule has 144 valence electrons. The zero-order valence-electron chi connectivity index (χ0n) is 16.2. The van der Waals surface area contributed by atoms with Crippen LogP contribution in [0.2, 0.25) is 0 Å². The summed E-state index contributed by atoms with van der Waals surface area (Å²) in [6.45, 7) is 11.5. The number of rotatable bonds is 8. The minimum atomic E-state index is -0.520. The Morgan fingerprint density at radius 3 is 2.36 bits per heavy atom. The maximum absolute atomic E-state index is 12.0. The summed E-state index contributed by atoms with van der Waals surface area (Å²) in [5.74, 6) is 1.57. The number of carbonyl (C=O) groups excluding carboxylic acids is 1. The van der Waals surface area contributed by atoms with Crippen LogP contribution in [0.15, 0.2) is 9.52 Å². The van der Waals surface area contributed by atoms with Gasteiger partial charge >= 0.3 is 0 Å². The Labute approximate surface area is 167 Å². The van der Waals surface area contributed by atoms with Crippen LogP contribution in [0.5, 0.6) is 0 Å². The standard InChI is InChI=1S/C17H31N5O2.HI/c1-7-13-12(14(8-2)24-22-13)10-20-16(18-6)21-11-17(4,5)15(23)19-9-3;/h7-11H2,1-6H3,(H,19,23)(H2,18,20,21);1H. The van der Waals surface area contributed by atoms with E-state index in [-0.39, 0.29) is 29.9 Å². The van der Waals surface area contributed by atoms with Crippen LogP contribution in [0.3, 0.4) is 0 Å². The van der Waals surface area contributed by atoms with Gasteiger partial charge in [0.05, 0.1) is 11.1 Å². The third kappa shape index (κ3) is 6.83. The van der Waals surface area contributed by atoms with E-state index in [2.05, 4.69) is 33.0 Å². The molecule has 3 N–H and O–H groups in total. The van der Waals surface area contributed by atoms with Crippen molar-refractivity contribution in [1.29, 1.82) is 0 Å². The lowest BCUT2D eigenvalue weighted by molar-refractivity contribution is -0.128. The summed E-state index contributed by atoms with van der Waals surface area (Å²) in [7, 11) is 1.71. The highest BCUT2D eigenvalue weighted by molar-refractivity contribution is 14.0. The molecule has 7 nitrogen and oxygen atoms in total. The van der Waals surface area contributed by atoms with Crippen LogP contribution in [0.4, 0.5) is 0 Å². The van der Waals surface area contributed by atoms with Crippen LogP contribution >= 0.6 is 24.0 Å². The van der Waals surface area contributed by atoms with E-state index >= 15 is 0 Å². The lowest BCUT2D eigenvalue weighted by atomic mass is 9.92. The summed E-state index contributed by atoms with van der Waals surface area (Å²) in [6.07, 6.45) is 1.64. The summed E-state index contributed by atoms with van der Waals surface area (Å²) in [6, 6.07) is 0. The number of hydrogen-bond acceptors (Lipinski definition) is 4. The zero-order chi connectivity index (χ0) is 18.2. The first-order valence-electron chi connectivity index (χ1n) is 8.58. The van der Waals surface area contributed by atoms with Gasteiger partial charge < -0.3 is 20.5 Å². The van der Waals surface area contributed by atoms with Crippen LogP contribution in [0, 0.1) is 5.41 Å². The van der Waals surface area contributed by atoms with Gasteiger partial charge in [-0.15, -0.1) is 24.0 Å². The molecule has 1 aromatic rings. The van der Waals surface area contributed by atoms with E-state index in [0.717, 1.165) is 29.9 Å². The predicted molar refractivity (Wildman–Crippen MR) is 111 cm³/mol. The Morgan fingerprint density at radius 1 is 1.16 bits per heavy atom. The van der Waals surface area contributed by atoms with E-state index < -0.39 is 5.41 Å². The number of halogens is 1. The van der Waals surface area contributed by atoms with Gasteiger partial charge in [-0.3, -0.25) is 9.79 Å². The molecule has 1 aromatic heterocycles. The number of nitrogens with one attached hydrogen (secondary N) is 3. The summed E-state index contributed by atoms with van der Waals surface area (Å²) in [4.78, 5) is 16.3.